The van der Waals surface area contributed by atoms with Gasteiger partial charge in [0.2, 0.25) is 11.9 Å². The van der Waals surface area contributed by atoms with Crippen LogP contribution in [-0.4, -0.2) is 15.9 Å². The number of hydrogen-bond donors (Lipinski definition) is 2. The van der Waals surface area contributed by atoms with Gasteiger partial charge in [0, 0.05) is 35.2 Å². The first kappa shape index (κ1) is 24.1. The fourth-order valence-corrected chi connectivity index (χ4v) is 4.05. The lowest BCUT2D eigenvalue weighted by Crippen LogP contribution is -2.38. The molecule has 0 saturated heterocycles. The van der Waals surface area contributed by atoms with Crippen LogP contribution in [0.1, 0.15) is 51.9 Å². The Morgan fingerprint density at radius 2 is 1.97 bits per heavy atom. The van der Waals surface area contributed by atoms with E-state index in [1.807, 2.05) is 49.4 Å². The van der Waals surface area contributed by atoms with Gasteiger partial charge < -0.3 is 10.5 Å². The van der Waals surface area contributed by atoms with Gasteiger partial charge in [-0.2, -0.15) is 4.73 Å². The molecule has 1 aliphatic rings. The van der Waals surface area contributed by atoms with Gasteiger partial charge in [-0.25, -0.2) is 4.39 Å². The highest BCUT2D eigenvalue weighted by molar-refractivity contribution is 5.96. The van der Waals surface area contributed by atoms with Crippen molar-refractivity contribution in [1.82, 2.24) is 20.8 Å². The van der Waals surface area contributed by atoms with E-state index in [9.17, 15) is 14.4 Å². The van der Waals surface area contributed by atoms with E-state index in [1.165, 1.54) is 12.1 Å². The number of halogens is 1. The summed E-state index contributed by atoms with van der Waals surface area (Å²) in [5, 5.41) is 15.0. The molecule has 0 radical (unpaired) electrons. The molecule has 2 atom stereocenters. The highest BCUT2D eigenvalue weighted by Crippen LogP contribution is 2.30. The largest absolute Gasteiger partial charge is 0.618 e. The van der Waals surface area contributed by atoms with Crippen LogP contribution in [0.5, 0.6) is 0 Å². The summed E-state index contributed by atoms with van der Waals surface area (Å²) in [5.41, 5.74) is 8.13. The zero-order valence-electron chi connectivity index (χ0n) is 20.2. The molecule has 0 spiro atoms. The molecule has 0 fully saturated rings. The summed E-state index contributed by atoms with van der Waals surface area (Å²) in [7, 11) is 0. The van der Waals surface area contributed by atoms with E-state index in [4.69, 9.17) is 4.84 Å². The van der Waals surface area contributed by atoms with Gasteiger partial charge in [-0.15, -0.1) is 0 Å². The Hall–Kier alpha value is -4.63. The molecule has 0 bridgehead atoms. The minimum atomic E-state index is -0.657. The molecule has 9 heteroatoms. The van der Waals surface area contributed by atoms with Crippen LogP contribution in [0.3, 0.4) is 0 Å². The lowest BCUT2D eigenvalue weighted by Gasteiger charge is -2.15. The van der Waals surface area contributed by atoms with Crippen LogP contribution in [0.15, 0.2) is 85.3 Å². The van der Waals surface area contributed by atoms with Gasteiger partial charge in [0.25, 0.3) is 5.91 Å². The van der Waals surface area contributed by atoms with Gasteiger partial charge in [-0.1, -0.05) is 12.1 Å². The standard InChI is InChI=1S/C28H24FN5O3/c1-17-6-8-23(31-15-17)19-11-20(25-14-27(37-33-25)24-5-3-4-10-30-24)13-21(12-19)28(35)32-18(2)26-9-7-22(29)16-34(26)36/h3-16,18,27,33H,1-2H3,(H,32,35)/t18-,27+/m1/s1. The van der Waals surface area contributed by atoms with E-state index < -0.39 is 17.8 Å². The van der Waals surface area contributed by atoms with E-state index in [-0.39, 0.29) is 11.8 Å². The highest BCUT2D eigenvalue weighted by Gasteiger charge is 2.23. The Kier molecular flexibility index (Phi) is 6.61. The van der Waals surface area contributed by atoms with Crippen molar-refractivity contribution in [1.29, 1.82) is 0 Å². The van der Waals surface area contributed by atoms with Gasteiger partial charge in [-0.3, -0.25) is 25.1 Å². The van der Waals surface area contributed by atoms with E-state index in [0.29, 0.717) is 21.7 Å². The molecule has 4 aromatic rings. The number of pyridine rings is 3. The molecule has 2 N–H and O–H groups in total. The second-order valence-electron chi connectivity index (χ2n) is 8.79. The monoisotopic (exact) mass is 497 g/mol. The molecule has 0 aliphatic carbocycles. The van der Waals surface area contributed by atoms with E-state index in [1.54, 1.807) is 31.5 Å². The average molecular weight is 498 g/mol. The van der Waals surface area contributed by atoms with Gasteiger partial charge in [-0.05, 0) is 68.0 Å². The Morgan fingerprint density at radius 1 is 1.14 bits per heavy atom. The third kappa shape index (κ3) is 5.31. The summed E-state index contributed by atoms with van der Waals surface area (Å²) in [6, 6.07) is 16.7. The number of carbonyl (C=O) groups is 1. The molecule has 5 rings (SSSR count). The first-order valence-corrected chi connectivity index (χ1v) is 11.7. The number of hydroxylamine groups is 1. The van der Waals surface area contributed by atoms with Crippen molar-refractivity contribution in [2.24, 2.45) is 0 Å². The predicted molar refractivity (Wildman–Crippen MR) is 135 cm³/mol. The minimum absolute atomic E-state index is 0.220. The normalized spacial score (nSPS) is 15.5. The number of rotatable bonds is 6. The summed E-state index contributed by atoms with van der Waals surface area (Å²) in [6.07, 6.45) is 5.80. The van der Waals surface area contributed by atoms with Crippen LogP contribution in [0, 0.1) is 17.9 Å². The molecule has 4 heterocycles. The van der Waals surface area contributed by atoms with Crippen LogP contribution in [0.2, 0.25) is 0 Å². The number of benzene rings is 1. The molecule has 1 amide bonds. The topological polar surface area (TPSA) is 103 Å². The Bertz CT molecular complexity index is 1480. The molecular weight excluding hydrogens is 473 g/mol. The summed E-state index contributed by atoms with van der Waals surface area (Å²) in [6.45, 7) is 3.62. The molecule has 3 aromatic heterocycles. The van der Waals surface area contributed by atoms with E-state index >= 15 is 0 Å². The number of nitrogens with zero attached hydrogens (tertiary/aromatic N) is 3. The Balaban J connectivity index is 1.49. The molecule has 0 unspecified atom stereocenters. The third-order valence-corrected chi connectivity index (χ3v) is 6.01. The zero-order valence-corrected chi connectivity index (χ0v) is 20.2. The number of aromatic nitrogens is 3. The van der Waals surface area contributed by atoms with E-state index in [2.05, 4.69) is 20.8 Å². The van der Waals surface area contributed by atoms with Gasteiger partial charge >= 0.3 is 0 Å². The fourth-order valence-electron chi connectivity index (χ4n) is 4.05. The maximum Gasteiger partial charge on any atom is 0.252 e. The number of hydrogen-bond acceptors (Lipinski definition) is 6. The van der Waals surface area contributed by atoms with Crippen molar-refractivity contribution in [2.45, 2.75) is 26.0 Å². The molecule has 1 aliphatic heterocycles. The second-order valence-corrected chi connectivity index (χ2v) is 8.79. The lowest BCUT2D eigenvalue weighted by atomic mass is 9.99. The predicted octanol–water partition coefficient (Wildman–Crippen LogP) is 4.33. The van der Waals surface area contributed by atoms with Crippen molar-refractivity contribution in [2.75, 3.05) is 0 Å². The molecular formula is C28H24FN5O3. The minimum Gasteiger partial charge on any atom is -0.618 e. The number of amides is 1. The molecule has 37 heavy (non-hydrogen) atoms. The third-order valence-electron chi connectivity index (χ3n) is 6.01. The van der Waals surface area contributed by atoms with E-state index in [0.717, 1.165) is 28.6 Å². The summed E-state index contributed by atoms with van der Waals surface area (Å²) in [5.74, 6) is -1.04. The number of carbonyl (C=O) groups excluding carboxylic acids is 1. The van der Waals surface area contributed by atoms with Crippen LogP contribution in [-0.2, 0) is 4.84 Å². The van der Waals surface area contributed by atoms with Crippen molar-refractivity contribution in [3.05, 3.63) is 124 Å². The SMILES string of the molecule is Cc1ccc(-c2cc(C(=O)N[C@H](C)c3ccc(F)c[n+]3[O-])cc(C3=C[C@@H](c4ccccn4)ON3)c2)nc1. The van der Waals surface area contributed by atoms with Crippen LogP contribution >= 0.6 is 0 Å². The van der Waals surface area contributed by atoms with Crippen molar-refractivity contribution >= 4 is 11.6 Å². The van der Waals surface area contributed by atoms with Gasteiger partial charge in [0.05, 0.1) is 17.1 Å². The highest BCUT2D eigenvalue weighted by atomic mass is 19.1. The van der Waals surface area contributed by atoms with Crippen LogP contribution < -0.4 is 15.5 Å². The molecule has 8 nitrogen and oxygen atoms in total. The zero-order chi connectivity index (χ0) is 25.9. The summed E-state index contributed by atoms with van der Waals surface area (Å²) < 4.78 is 13.8. The first-order valence-electron chi connectivity index (χ1n) is 11.7. The van der Waals surface area contributed by atoms with Crippen molar-refractivity contribution in [3.63, 3.8) is 0 Å². The quantitative estimate of drug-likeness (QED) is 0.304. The van der Waals surface area contributed by atoms with Gasteiger partial charge in [0.15, 0.2) is 5.82 Å². The average Bonchev–Trinajstić information content (AvgIpc) is 3.40. The van der Waals surface area contributed by atoms with Crippen LogP contribution in [0.4, 0.5) is 4.39 Å². The summed E-state index contributed by atoms with van der Waals surface area (Å²) >= 11 is 0. The molecule has 0 saturated carbocycles. The van der Waals surface area contributed by atoms with Crippen LogP contribution in [0.25, 0.3) is 17.0 Å². The lowest BCUT2D eigenvalue weighted by molar-refractivity contribution is -0.617. The number of aryl methyl sites for hydroxylation is 1. The maximum absolute atomic E-state index is 13.4. The second kappa shape index (κ2) is 10.2. The molecule has 186 valence electrons. The van der Waals surface area contributed by atoms with Crippen molar-refractivity contribution in [3.8, 4) is 11.3 Å². The van der Waals surface area contributed by atoms with Crippen molar-refractivity contribution < 1.29 is 18.8 Å². The Labute approximate surface area is 213 Å². The number of nitrogens with one attached hydrogen (secondary N) is 2. The van der Waals surface area contributed by atoms with Gasteiger partial charge in [0.1, 0.15) is 12.1 Å². The summed E-state index contributed by atoms with van der Waals surface area (Å²) in [4.78, 5) is 27.9. The smallest absolute Gasteiger partial charge is 0.252 e. The Morgan fingerprint density at radius 3 is 2.70 bits per heavy atom. The fraction of sp³-hybridized carbons (Fsp3) is 0.143. The maximum atomic E-state index is 13.4. The molecule has 1 aromatic carbocycles. The first-order chi connectivity index (χ1) is 17.9.